The molecule has 1 aliphatic rings. The second-order valence-corrected chi connectivity index (χ2v) is 2.04. The first kappa shape index (κ1) is 6.72. The van der Waals surface area contributed by atoms with Gasteiger partial charge >= 0.3 is 5.71 Å². The molecule has 0 saturated heterocycles. The molecule has 0 saturated carbocycles. The lowest BCUT2D eigenvalue weighted by Gasteiger charge is -1.77. The molecule has 0 aliphatic carbocycles. The van der Waals surface area contributed by atoms with E-state index in [9.17, 15) is 4.79 Å². The number of rotatable bonds is 1. The van der Waals surface area contributed by atoms with E-state index in [1.807, 2.05) is 13.0 Å². The maximum absolute atomic E-state index is 10.2. The van der Waals surface area contributed by atoms with Gasteiger partial charge in [-0.1, -0.05) is 4.67 Å². The molecule has 50 valence electrons. The van der Waals surface area contributed by atoms with Gasteiger partial charge in [-0.3, -0.25) is 4.79 Å². The van der Waals surface area contributed by atoms with Crippen molar-refractivity contribution in [2.75, 3.05) is 0 Å². The third-order valence-electron chi connectivity index (χ3n) is 1.20. The molecule has 1 rings (SSSR count). The third kappa shape index (κ3) is 1.54. The van der Waals surface area contributed by atoms with Crippen molar-refractivity contribution in [1.29, 1.82) is 0 Å². The molecule has 0 amide bonds. The normalized spacial score (nSPS) is 15.7. The maximum Gasteiger partial charge on any atom is 0.300 e. The van der Waals surface area contributed by atoms with Crippen LogP contribution in [0.5, 0.6) is 0 Å². The lowest BCUT2D eigenvalue weighted by molar-refractivity contribution is -0.104. The summed E-state index contributed by atoms with van der Waals surface area (Å²) in [6, 6.07) is 0. The smallest absolute Gasteiger partial charge is 0.298 e. The number of allylic oxidation sites excluding steroid dienone is 4. The average molecular weight is 134 g/mol. The largest absolute Gasteiger partial charge is 0.300 e. The predicted octanol–water partition coefficient (Wildman–Crippen LogP) is 0.280. The molecule has 0 fully saturated rings. The minimum absolute atomic E-state index is 0.653. The molecule has 2 heteroatoms. The van der Waals surface area contributed by atoms with E-state index in [0.717, 1.165) is 12.0 Å². The van der Waals surface area contributed by atoms with E-state index in [2.05, 4.69) is 4.67 Å². The zero-order valence-electron chi connectivity index (χ0n) is 5.74. The summed E-state index contributed by atoms with van der Waals surface area (Å²) in [5.41, 5.74) is 1.56. The first-order chi connectivity index (χ1) is 4.83. The van der Waals surface area contributed by atoms with E-state index in [0.29, 0.717) is 5.57 Å². The van der Waals surface area contributed by atoms with E-state index in [-0.39, 0.29) is 0 Å². The Kier molecular flexibility index (Phi) is 1.98. The highest BCUT2D eigenvalue weighted by Crippen LogP contribution is 1.91. The van der Waals surface area contributed by atoms with Crippen LogP contribution in [-0.4, -0.2) is 18.2 Å². The Bertz CT molecular complexity index is 265. The van der Waals surface area contributed by atoms with E-state index < -0.39 is 0 Å². The Labute approximate surface area is 59.3 Å². The Morgan fingerprint density at radius 2 is 2.30 bits per heavy atom. The molecule has 10 heavy (non-hydrogen) atoms. The van der Waals surface area contributed by atoms with Gasteiger partial charge in [0, 0.05) is 24.6 Å². The summed E-state index contributed by atoms with van der Waals surface area (Å²) in [7, 11) is 0. The molecule has 0 aromatic carbocycles. The Morgan fingerprint density at radius 1 is 1.50 bits per heavy atom. The van der Waals surface area contributed by atoms with Crippen LogP contribution in [-0.2, 0) is 4.79 Å². The molecule has 0 radical (unpaired) electrons. The summed E-state index contributed by atoms with van der Waals surface area (Å²) in [5.74, 6) is 0. The van der Waals surface area contributed by atoms with Crippen molar-refractivity contribution in [2.45, 2.75) is 6.92 Å². The molecular weight excluding hydrogens is 126 g/mol. The number of aldehydes is 1. The molecule has 0 aromatic rings. The third-order valence-corrected chi connectivity index (χ3v) is 1.20. The van der Waals surface area contributed by atoms with Crippen molar-refractivity contribution in [3.8, 4) is 0 Å². The highest BCUT2D eigenvalue weighted by molar-refractivity contribution is 5.99. The van der Waals surface area contributed by atoms with E-state index in [1.54, 1.807) is 18.4 Å². The van der Waals surface area contributed by atoms with E-state index >= 15 is 0 Å². The van der Waals surface area contributed by atoms with Crippen LogP contribution in [0.4, 0.5) is 0 Å². The lowest BCUT2D eigenvalue weighted by Crippen LogP contribution is -1.87. The number of carbonyl (C=O) groups is 1. The monoisotopic (exact) mass is 134 g/mol. The zero-order chi connectivity index (χ0) is 7.40. The van der Waals surface area contributed by atoms with Gasteiger partial charge in [-0.2, -0.15) is 0 Å². The molecule has 1 heterocycles. The standard InChI is InChI=1S/C8H8NO/c1-7-2-3-8(6-10)4-5-9-7/h2-6H,1H3/q+1. The molecule has 0 bridgehead atoms. The van der Waals surface area contributed by atoms with Crippen LogP contribution in [0.3, 0.4) is 0 Å². The first-order valence-electron chi connectivity index (χ1n) is 3.04. The van der Waals surface area contributed by atoms with Gasteiger partial charge in [-0.25, -0.2) is 0 Å². The predicted molar refractivity (Wildman–Crippen MR) is 42.2 cm³/mol. The molecule has 2 nitrogen and oxygen atoms in total. The summed E-state index contributed by atoms with van der Waals surface area (Å²) in [6.45, 7) is 1.88. The molecule has 0 spiro atoms. The van der Waals surface area contributed by atoms with Crippen LogP contribution in [0.2, 0.25) is 0 Å². The zero-order valence-corrected chi connectivity index (χ0v) is 5.74. The van der Waals surface area contributed by atoms with Gasteiger partial charge in [0.2, 0.25) is 0 Å². The van der Waals surface area contributed by atoms with Crippen LogP contribution >= 0.6 is 0 Å². The minimum atomic E-state index is 0.653. The summed E-state index contributed by atoms with van der Waals surface area (Å²) < 4.78 is 3.99. The first-order valence-corrected chi connectivity index (χ1v) is 3.04. The molecule has 0 N–H and O–H groups in total. The van der Waals surface area contributed by atoms with Gasteiger partial charge in [0.25, 0.3) is 6.21 Å². The molecule has 0 atom stereocenters. The van der Waals surface area contributed by atoms with Gasteiger partial charge in [-0.15, -0.1) is 0 Å². The molecule has 0 aromatic heterocycles. The van der Waals surface area contributed by atoms with Crippen LogP contribution in [0.1, 0.15) is 6.92 Å². The maximum atomic E-state index is 10.2. The van der Waals surface area contributed by atoms with Gasteiger partial charge in [0.05, 0.1) is 0 Å². The fourth-order valence-corrected chi connectivity index (χ4v) is 0.635. The van der Waals surface area contributed by atoms with Crippen LogP contribution in [0.15, 0.2) is 23.8 Å². The van der Waals surface area contributed by atoms with Gasteiger partial charge in [0.15, 0.2) is 0 Å². The second kappa shape index (κ2) is 2.95. The fourth-order valence-electron chi connectivity index (χ4n) is 0.635. The molecular formula is C8H8NO+. The van der Waals surface area contributed by atoms with Crippen molar-refractivity contribution >= 4 is 18.2 Å². The SMILES string of the molecule is CC1=[N+]=CC=C(C=O)C=C1. The van der Waals surface area contributed by atoms with Gasteiger partial charge in [0.1, 0.15) is 6.29 Å². The van der Waals surface area contributed by atoms with E-state index in [1.165, 1.54) is 0 Å². The van der Waals surface area contributed by atoms with Crippen molar-refractivity contribution in [2.24, 2.45) is 0 Å². The van der Waals surface area contributed by atoms with E-state index in [4.69, 9.17) is 0 Å². The molecule has 1 aliphatic heterocycles. The van der Waals surface area contributed by atoms with Crippen molar-refractivity contribution in [3.63, 3.8) is 0 Å². The summed E-state index contributed by atoms with van der Waals surface area (Å²) in [6.07, 6.45) is 7.67. The number of hydrogen-bond donors (Lipinski definition) is 0. The summed E-state index contributed by atoms with van der Waals surface area (Å²) >= 11 is 0. The minimum Gasteiger partial charge on any atom is -0.298 e. The number of carbonyl (C=O) groups excluding carboxylic acids is 1. The van der Waals surface area contributed by atoms with Gasteiger partial charge in [-0.05, 0) is 6.08 Å². The van der Waals surface area contributed by atoms with Crippen LogP contribution < -0.4 is 4.67 Å². The second-order valence-electron chi connectivity index (χ2n) is 2.04. The summed E-state index contributed by atoms with van der Waals surface area (Å²) in [5, 5.41) is 0. The van der Waals surface area contributed by atoms with Crippen molar-refractivity contribution < 1.29 is 4.79 Å². The Hall–Kier alpha value is -1.40. The van der Waals surface area contributed by atoms with Gasteiger partial charge < -0.3 is 0 Å². The highest BCUT2D eigenvalue weighted by atomic mass is 16.1. The number of nitrogens with zero attached hydrogens (tertiary/aromatic N) is 1. The fraction of sp³-hybridized carbons (Fsp3) is 0.125. The van der Waals surface area contributed by atoms with Crippen molar-refractivity contribution in [1.82, 2.24) is 4.67 Å². The topological polar surface area (TPSA) is 31.2 Å². The lowest BCUT2D eigenvalue weighted by atomic mass is 10.2. The quantitative estimate of drug-likeness (QED) is 0.374. The average Bonchev–Trinajstić information content (AvgIpc) is 2.14. The Balaban J connectivity index is 2.95. The highest BCUT2D eigenvalue weighted by Gasteiger charge is 1.98. The van der Waals surface area contributed by atoms with Crippen LogP contribution in [0, 0.1) is 0 Å². The van der Waals surface area contributed by atoms with Crippen molar-refractivity contribution in [3.05, 3.63) is 23.8 Å². The molecule has 0 unspecified atom stereocenters. The van der Waals surface area contributed by atoms with Crippen LogP contribution in [0.25, 0.3) is 0 Å². The Morgan fingerprint density at radius 3 is 3.00 bits per heavy atom. The summed E-state index contributed by atoms with van der Waals surface area (Å²) in [4.78, 5) is 10.2. The number of hydrogen-bond acceptors (Lipinski definition) is 1.